The van der Waals surface area contributed by atoms with Gasteiger partial charge in [0.2, 0.25) is 0 Å². The number of carbonyl (C=O) groups is 1. The van der Waals surface area contributed by atoms with Gasteiger partial charge in [0.25, 0.3) is 5.91 Å². The van der Waals surface area contributed by atoms with Gasteiger partial charge in [-0.15, -0.1) is 17.9 Å². The molecular formula is C19H23N3OS. The number of rotatable bonds is 6. The van der Waals surface area contributed by atoms with E-state index in [4.69, 9.17) is 0 Å². The summed E-state index contributed by atoms with van der Waals surface area (Å²) in [5, 5.41) is 0. The maximum Gasteiger partial charge on any atom is 0.266 e. The number of aromatic nitrogens is 1. The molecule has 1 aromatic heterocycles. The zero-order valence-corrected chi connectivity index (χ0v) is 14.8. The number of aryl methyl sites for hydroxylation is 1. The Labute approximate surface area is 147 Å². The van der Waals surface area contributed by atoms with Crippen LogP contribution in [0.2, 0.25) is 0 Å². The van der Waals surface area contributed by atoms with Crippen molar-refractivity contribution >= 4 is 17.2 Å². The van der Waals surface area contributed by atoms with E-state index in [1.807, 2.05) is 24.0 Å². The minimum atomic E-state index is 0.0847. The van der Waals surface area contributed by atoms with E-state index < -0.39 is 0 Å². The van der Waals surface area contributed by atoms with Crippen LogP contribution in [-0.2, 0) is 6.54 Å². The lowest BCUT2D eigenvalue weighted by Crippen LogP contribution is -2.42. The standard InChI is InChI=1S/C19H23N3OS/c1-3-10-22(19(23)18-15(2)20-14-24-18)17-9-11-21(13-17)12-16-7-5-4-6-8-16/h3-8,14,17H,1,9-13H2,2H3/t17-/m1/s1. The number of thiazole rings is 1. The normalized spacial score (nSPS) is 17.8. The summed E-state index contributed by atoms with van der Waals surface area (Å²) >= 11 is 1.42. The van der Waals surface area contributed by atoms with Gasteiger partial charge in [0.1, 0.15) is 4.88 Å². The Morgan fingerprint density at radius 3 is 2.92 bits per heavy atom. The van der Waals surface area contributed by atoms with Crippen molar-refractivity contribution in [2.45, 2.75) is 25.9 Å². The average molecular weight is 341 g/mol. The van der Waals surface area contributed by atoms with Crippen LogP contribution in [0.5, 0.6) is 0 Å². The molecule has 2 heterocycles. The van der Waals surface area contributed by atoms with Crippen molar-refractivity contribution in [2.24, 2.45) is 0 Å². The van der Waals surface area contributed by atoms with E-state index in [1.165, 1.54) is 16.9 Å². The molecule has 0 radical (unpaired) electrons. The van der Waals surface area contributed by atoms with Crippen molar-refractivity contribution < 1.29 is 4.79 Å². The van der Waals surface area contributed by atoms with E-state index in [9.17, 15) is 4.79 Å². The molecule has 0 saturated carbocycles. The van der Waals surface area contributed by atoms with Crippen molar-refractivity contribution in [1.82, 2.24) is 14.8 Å². The second-order valence-corrected chi connectivity index (χ2v) is 7.03. The monoisotopic (exact) mass is 341 g/mol. The van der Waals surface area contributed by atoms with Gasteiger partial charge in [-0.1, -0.05) is 36.4 Å². The van der Waals surface area contributed by atoms with Crippen LogP contribution < -0.4 is 0 Å². The Morgan fingerprint density at radius 2 is 2.25 bits per heavy atom. The molecule has 3 rings (SSSR count). The van der Waals surface area contributed by atoms with Crippen molar-refractivity contribution in [3.63, 3.8) is 0 Å². The first-order chi connectivity index (χ1) is 11.7. The average Bonchev–Trinajstić information content (AvgIpc) is 3.22. The van der Waals surface area contributed by atoms with Gasteiger partial charge in [-0.2, -0.15) is 0 Å². The Morgan fingerprint density at radius 1 is 1.46 bits per heavy atom. The van der Waals surface area contributed by atoms with Crippen LogP contribution in [0.1, 0.15) is 27.3 Å². The molecule has 1 aromatic carbocycles. The molecule has 0 spiro atoms. The number of carbonyl (C=O) groups excluding carboxylic acids is 1. The first-order valence-electron chi connectivity index (χ1n) is 8.27. The van der Waals surface area contributed by atoms with Crippen LogP contribution in [-0.4, -0.2) is 46.4 Å². The van der Waals surface area contributed by atoms with Gasteiger partial charge < -0.3 is 4.90 Å². The molecule has 1 saturated heterocycles. The van der Waals surface area contributed by atoms with E-state index in [-0.39, 0.29) is 11.9 Å². The lowest BCUT2D eigenvalue weighted by molar-refractivity contribution is 0.0710. The van der Waals surface area contributed by atoms with Crippen LogP contribution in [0.3, 0.4) is 0 Å². The molecule has 24 heavy (non-hydrogen) atoms. The zero-order valence-electron chi connectivity index (χ0n) is 14.0. The molecule has 0 N–H and O–H groups in total. The number of benzene rings is 1. The number of hydrogen-bond acceptors (Lipinski definition) is 4. The summed E-state index contributed by atoms with van der Waals surface area (Å²) in [4.78, 5) is 22.2. The molecule has 1 aliphatic rings. The van der Waals surface area contributed by atoms with Crippen molar-refractivity contribution in [1.29, 1.82) is 0 Å². The van der Waals surface area contributed by atoms with E-state index in [1.54, 1.807) is 5.51 Å². The van der Waals surface area contributed by atoms with Crippen molar-refractivity contribution in [2.75, 3.05) is 19.6 Å². The quantitative estimate of drug-likeness (QED) is 0.756. The third-order valence-corrected chi connectivity index (χ3v) is 5.38. The van der Waals surface area contributed by atoms with Crippen molar-refractivity contribution in [3.8, 4) is 0 Å². The minimum Gasteiger partial charge on any atom is -0.330 e. The Hall–Kier alpha value is -1.98. The number of hydrogen-bond donors (Lipinski definition) is 0. The summed E-state index contributed by atoms with van der Waals surface area (Å²) in [6.07, 6.45) is 2.82. The number of amides is 1. The molecule has 1 fully saturated rings. The molecule has 2 aromatic rings. The zero-order chi connectivity index (χ0) is 16.9. The largest absolute Gasteiger partial charge is 0.330 e. The third-order valence-electron chi connectivity index (χ3n) is 4.46. The number of likely N-dealkylation sites (tertiary alicyclic amines) is 1. The number of nitrogens with zero attached hydrogens (tertiary/aromatic N) is 3. The topological polar surface area (TPSA) is 36.4 Å². The van der Waals surface area contributed by atoms with E-state index >= 15 is 0 Å². The maximum absolute atomic E-state index is 12.9. The Bertz CT molecular complexity index is 698. The maximum atomic E-state index is 12.9. The highest BCUT2D eigenvalue weighted by molar-refractivity contribution is 7.11. The van der Waals surface area contributed by atoms with Crippen LogP contribution >= 0.6 is 11.3 Å². The van der Waals surface area contributed by atoms with Gasteiger partial charge >= 0.3 is 0 Å². The summed E-state index contributed by atoms with van der Waals surface area (Å²) in [7, 11) is 0. The highest BCUT2D eigenvalue weighted by atomic mass is 32.1. The summed E-state index contributed by atoms with van der Waals surface area (Å²) in [5.74, 6) is 0.0847. The van der Waals surface area contributed by atoms with Gasteiger partial charge in [0.15, 0.2) is 0 Å². The third kappa shape index (κ3) is 3.74. The lowest BCUT2D eigenvalue weighted by Gasteiger charge is -2.28. The van der Waals surface area contributed by atoms with Gasteiger partial charge in [0, 0.05) is 32.2 Å². The molecule has 126 valence electrons. The lowest BCUT2D eigenvalue weighted by atomic mass is 10.2. The summed E-state index contributed by atoms with van der Waals surface area (Å²) in [6, 6.07) is 10.7. The minimum absolute atomic E-state index is 0.0847. The van der Waals surface area contributed by atoms with E-state index in [0.29, 0.717) is 6.54 Å². The Kier molecular flexibility index (Phi) is 5.43. The van der Waals surface area contributed by atoms with Gasteiger partial charge in [-0.25, -0.2) is 4.98 Å². The molecule has 0 unspecified atom stereocenters. The van der Waals surface area contributed by atoms with Crippen LogP contribution in [0.4, 0.5) is 0 Å². The molecule has 1 atom stereocenters. The van der Waals surface area contributed by atoms with Gasteiger partial charge in [-0.05, 0) is 18.9 Å². The highest BCUT2D eigenvalue weighted by Crippen LogP contribution is 2.22. The molecule has 4 nitrogen and oxygen atoms in total. The second kappa shape index (κ2) is 7.73. The molecule has 5 heteroatoms. The molecule has 1 aliphatic heterocycles. The molecule has 0 bridgehead atoms. The second-order valence-electron chi connectivity index (χ2n) is 6.18. The predicted molar refractivity (Wildman–Crippen MR) is 98.2 cm³/mol. The van der Waals surface area contributed by atoms with E-state index in [0.717, 1.165) is 36.6 Å². The first-order valence-corrected chi connectivity index (χ1v) is 9.15. The SMILES string of the molecule is C=CCN(C(=O)c1scnc1C)[C@@H]1CCN(Cc2ccccc2)C1. The predicted octanol–water partition coefficient (Wildman–Crippen LogP) is 3.35. The van der Waals surface area contributed by atoms with Crippen LogP contribution in [0, 0.1) is 6.92 Å². The smallest absolute Gasteiger partial charge is 0.266 e. The Balaban J connectivity index is 1.68. The molecule has 0 aliphatic carbocycles. The summed E-state index contributed by atoms with van der Waals surface area (Å²) < 4.78 is 0. The summed E-state index contributed by atoms with van der Waals surface area (Å²) in [5.41, 5.74) is 3.88. The van der Waals surface area contributed by atoms with Crippen LogP contribution in [0.15, 0.2) is 48.5 Å². The summed E-state index contributed by atoms with van der Waals surface area (Å²) in [6.45, 7) is 9.17. The first kappa shape index (κ1) is 16.9. The fourth-order valence-electron chi connectivity index (χ4n) is 3.23. The highest BCUT2D eigenvalue weighted by Gasteiger charge is 2.31. The van der Waals surface area contributed by atoms with Crippen molar-refractivity contribution in [3.05, 3.63) is 64.6 Å². The molecule has 1 amide bonds. The molecular weight excluding hydrogens is 318 g/mol. The van der Waals surface area contributed by atoms with Gasteiger partial charge in [-0.3, -0.25) is 9.69 Å². The van der Waals surface area contributed by atoms with Gasteiger partial charge in [0.05, 0.1) is 11.2 Å². The van der Waals surface area contributed by atoms with E-state index in [2.05, 4.69) is 40.7 Å². The van der Waals surface area contributed by atoms with Crippen LogP contribution in [0.25, 0.3) is 0 Å². The fourth-order valence-corrected chi connectivity index (χ4v) is 3.98. The fraction of sp³-hybridized carbons (Fsp3) is 0.368.